The molecule has 0 fully saturated rings. The van der Waals surface area contributed by atoms with E-state index in [2.05, 4.69) is 34.6 Å². The normalized spacial score (nSPS) is 13.7. The van der Waals surface area contributed by atoms with E-state index in [9.17, 15) is 9.90 Å². The summed E-state index contributed by atoms with van der Waals surface area (Å²) in [5.74, 6) is 0.0252. The van der Waals surface area contributed by atoms with E-state index in [0.29, 0.717) is 6.42 Å². The number of thiazole rings is 1. The summed E-state index contributed by atoms with van der Waals surface area (Å²) in [5, 5.41) is 12.3. The Labute approximate surface area is 161 Å². The van der Waals surface area contributed by atoms with Crippen molar-refractivity contribution in [2.45, 2.75) is 18.4 Å². The molecule has 1 aliphatic rings. The van der Waals surface area contributed by atoms with Crippen LogP contribution in [0.5, 0.6) is 0 Å². The molecule has 0 saturated heterocycles. The van der Waals surface area contributed by atoms with Gasteiger partial charge in [0.2, 0.25) is 0 Å². The lowest BCUT2D eigenvalue weighted by molar-refractivity contribution is 0.132. The van der Waals surface area contributed by atoms with Gasteiger partial charge >= 0.3 is 6.09 Å². The van der Waals surface area contributed by atoms with E-state index in [1.807, 2.05) is 24.3 Å². The number of benzene rings is 2. The predicted molar refractivity (Wildman–Crippen MR) is 105 cm³/mol. The van der Waals surface area contributed by atoms with E-state index in [4.69, 9.17) is 4.74 Å². The topological polar surface area (TPSA) is 71.5 Å². The maximum Gasteiger partial charge on any atom is 0.407 e. The van der Waals surface area contributed by atoms with Crippen molar-refractivity contribution in [2.75, 3.05) is 13.2 Å². The molecule has 4 rings (SSSR count). The monoisotopic (exact) mass is 380 g/mol. The number of ether oxygens (including phenoxy) is 1. The third kappa shape index (κ3) is 3.72. The summed E-state index contributed by atoms with van der Waals surface area (Å²) in [6, 6.07) is 16.1. The van der Waals surface area contributed by atoms with E-state index in [-0.39, 0.29) is 25.2 Å². The highest BCUT2D eigenvalue weighted by Gasteiger charge is 2.29. The zero-order valence-electron chi connectivity index (χ0n) is 14.7. The summed E-state index contributed by atoms with van der Waals surface area (Å²) in [5.41, 5.74) is 6.47. The van der Waals surface area contributed by atoms with Crippen LogP contribution in [0.15, 0.2) is 60.2 Å². The number of aromatic nitrogens is 1. The van der Waals surface area contributed by atoms with Crippen LogP contribution in [0.25, 0.3) is 11.1 Å². The summed E-state index contributed by atoms with van der Waals surface area (Å²) in [4.78, 5) is 17.3. The van der Waals surface area contributed by atoms with Gasteiger partial charge in [-0.3, -0.25) is 4.98 Å². The lowest BCUT2D eigenvalue weighted by Gasteiger charge is -2.18. The first kappa shape index (κ1) is 17.7. The SMILES string of the molecule is O=C(NC(CO)Cc1cncs1)OCC1c2ccccc2-c2ccccc21. The van der Waals surface area contributed by atoms with Gasteiger partial charge in [-0.1, -0.05) is 48.5 Å². The summed E-state index contributed by atoms with van der Waals surface area (Å²) < 4.78 is 5.52. The number of aliphatic hydroxyl groups excluding tert-OH is 1. The number of carbonyl (C=O) groups is 1. The quantitative estimate of drug-likeness (QED) is 0.686. The van der Waals surface area contributed by atoms with Crippen LogP contribution in [0.4, 0.5) is 4.79 Å². The number of rotatable bonds is 6. The minimum absolute atomic E-state index is 0.0252. The Morgan fingerprint density at radius 1 is 1.15 bits per heavy atom. The van der Waals surface area contributed by atoms with Crippen molar-refractivity contribution in [1.29, 1.82) is 0 Å². The highest BCUT2D eigenvalue weighted by atomic mass is 32.1. The fraction of sp³-hybridized carbons (Fsp3) is 0.238. The van der Waals surface area contributed by atoms with Gasteiger partial charge < -0.3 is 15.2 Å². The van der Waals surface area contributed by atoms with Crippen molar-refractivity contribution in [1.82, 2.24) is 10.3 Å². The molecule has 3 aromatic rings. The lowest BCUT2D eigenvalue weighted by atomic mass is 9.98. The predicted octanol–water partition coefficient (Wildman–Crippen LogP) is 3.59. The molecule has 2 aromatic carbocycles. The van der Waals surface area contributed by atoms with Crippen molar-refractivity contribution >= 4 is 17.4 Å². The first-order valence-electron chi connectivity index (χ1n) is 8.86. The van der Waals surface area contributed by atoms with Crippen LogP contribution in [-0.4, -0.2) is 35.4 Å². The smallest absolute Gasteiger partial charge is 0.407 e. The number of nitrogens with one attached hydrogen (secondary N) is 1. The molecule has 5 nitrogen and oxygen atoms in total. The van der Waals surface area contributed by atoms with Crippen LogP contribution in [0.1, 0.15) is 21.9 Å². The summed E-state index contributed by atoms with van der Waals surface area (Å²) in [6.07, 6.45) is 1.76. The number of aliphatic hydroxyl groups is 1. The number of alkyl carbamates (subject to hydrolysis) is 1. The number of nitrogens with zero attached hydrogens (tertiary/aromatic N) is 1. The van der Waals surface area contributed by atoms with Crippen molar-refractivity contribution < 1.29 is 14.6 Å². The van der Waals surface area contributed by atoms with Crippen molar-refractivity contribution in [3.63, 3.8) is 0 Å². The largest absolute Gasteiger partial charge is 0.449 e. The molecule has 1 heterocycles. The van der Waals surface area contributed by atoms with Crippen LogP contribution < -0.4 is 5.32 Å². The second-order valence-corrected chi connectivity index (χ2v) is 7.49. The van der Waals surface area contributed by atoms with Crippen molar-refractivity contribution in [2.24, 2.45) is 0 Å². The van der Waals surface area contributed by atoms with Gasteiger partial charge in [-0.2, -0.15) is 0 Å². The van der Waals surface area contributed by atoms with Crippen LogP contribution in [0.3, 0.4) is 0 Å². The van der Waals surface area contributed by atoms with Gasteiger partial charge in [0, 0.05) is 23.4 Å². The van der Waals surface area contributed by atoms with Crippen LogP contribution in [-0.2, 0) is 11.2 Å². The first-order valence-corrected chi connectivity index (χ1v) is 9.74. The Bertz CT molecular complexity index is 881. The highest BCUT2D eigenvalue weighted by molar-refractivity contribution is 7.09. The summed E-state index contributed by atoms with van der Waals surface area (Å²) in [6.45, 7) is 0.112. The Morgan fingerprint density at radius 3 is 2.41 bits per heavy atom. The Kier molecular flexibility index (Phi) is 5.18. The molecule has 138 valence electrons. The van der Waals surface area contributed by atoms with Gasteiger partial charge in [0.1, 0.15) is 6.61 Å². The van der Waals surface area contributed by atoms with E-state index in [1.165, 1.54) is 33.6 Å². The average Bonchev–Trinajstić information content (AvgIpc) is 3.32. The molecule has 0 bridgehead atoms. The Hall–Kier alpha value is -2.70. The van der Waals surface area contributed by atoms with E-state index < -0.39 is 6.09 Å². The summed E-state index contributed by atoms with van der Waals surface area (Å²) in [7, 11) is 0. The lowest BCUT2D eigenvalue weighted by Crippen LogP contribution is -2.39. The number of hydrogen-bond acceptors (Lipinski definition) is 5. The molecule has 0 spiro atoms. The van der Waals surface area contributed by atoms with E-state index in [0.717, 1.165) is 4.88 Å². The molecule has 1 unspecified atom stereocenters. The number of amides is 1. The summed E-state index contributed by atoms with van der Waals surface area (Å²) >= 11 is 1.50. The third-order valence-electron chi connectivity index (χ3n) is 4.82. The van der Waals surface area contributed by atoms with Gasteiger partial charge in [0.25, 0.3) is 0 Å². The molecule has 0 radical (unpaired) electrons. The Morgan fingerprint density at radius 2 is 1.81 bits per heavy atom. The van der Waals surface area contributed by atoms with Crippen molar-refractivity contribution in [3.8, 4) is 11.1 Å². The molecule has 0 saturated carbocycles. The van der Waals surface area contributed by atoms with Gasteiger partial charge in [0.15, 0.2) is 0 Å². The second kappa shape index (κ2) is 7.90. The molecule has 1 atom stereocenters. The Balaban J connectivity index is 1.42. The molecule has 1 aliphatic carbocycles. The molecule has 1 amide bonds. The van der Waals surface area contributed by atoms with Crippen LogP contribution in [0, 0.1) is 0 Å². The van der Waals surface area contributed by atoms with Gasteiger partial charge in [0.05, 0.1) is 18.2 Å². The minimum atomic E-state index is -0.513. The number of carbonyl (C=O) groups excluding carboxylic acids is 1. The molecular weight excluding hydrogens is 360 g/mol. The molecular formula is C21H20N2O3S. The second-order valence-electron chi connectivity index (χ2n) is 6.52. The molecule has 6 heteroatoms. The zero-order valence-corrected chi connectivity index (χ0v) is 15.5. The van der Waals surface area contributed by atoms with E-state index in [1.54, 1.807) is 11.7 Å². The van der Waals surface area contributed by atoms with Crippen molar-refractivity contribution in [3.05, 3.63) is 76.2 Å². The highest BCUT2D eigenvalue weighted by Crippen LogP contribution is 2.44. The van der Waals surface area contributed by atoms with Gasteiger partial charge in [-0.15, -0.1) is 11.3 Å². The van der Waals surface area contributed by atoms with Gasteiger partial charge in [-0.05, 0) is 22.3 Å². The first-order chi connectivity index (χ1) is 13.3. The fourth-order valence-electron chi connectivity index (χ4n) is 3.55. The standard InChI is InChI=1S/C21H20N2O3S/c24-11-14(9-15-10-22-13-27-15)23-21(25)26-12-20-18-7-3-1-5-16(18)17-6-2-4-8-19(17)20/h1-8,10,13-14,20,24H,9,11-12H2,(H,23,25). The number of hydrogen-bond donors (Lipinski definition) is 2. The minimum Gasteiger partial charge on any atom is -0.449 e. The zero-order chi connectivity index (χ0) is 18.6. The molecule has 0 aliphatic heterocycles. The number of fused-ring (bicyclic) bond motifs is 3. The maximum atomic E-state index is 12.3. The molecule has 1 aromatic heterocycles. The molecule has 27 heavy (non-hydrogen) atoms. The van der Waals surface area contributed by atoms with Crippen LogP contribution in [0.2, 0.25) is 0 Å². The average molecular weight is 380 g/mol. The van der Waals surface area contributed by atoms with Gasteiger partial charge in [-0.25, -0.2) is 4.79 Å². The van der Waals surface area contributed by atoms with Crippen LogP contribution >= 0.6 is 11.3 Å². The third-order valence-corrected chi connectivity index (χ3v) is 5.62. The fourth-order valence-corrected chi connectivity index (χ4v) is 4.23. The maximum absolute atomic E-state index is 12.3. The molecule has 2 N–H and O–H groups in total. The van der Waals surface area contributed by atoms with E-state index >= 15 is 0 Å².